The van der Waals surface area contributed by atoms with E-state index < -0.39 is 11.6 Å². The Labute approximate surface area is 171 Å². The number of hydrogen-bond acceptors (Lipinski definition) is 4. The van der Waals surface area contributed by atoms with Crippen LogP contribution in [0.3, 0.4) is 0 Å². The molecule has 1 aromatic rings. The number of nitrogens with zero attached hydrogens (tertiary/aromatic N) is 2. The minimum atomic E-state index is -0.805. The van der Waals surface area contributed by atoms with Gasteiger partial charge in [0.2, 0.25) is 0 Å². The molecular weight excluding hydrogens is 366 g/mol. The zero-order chi connectivity index (χ0) is 20.8. The lowest BCUT2D eigenvalue weighted by atomic mass is 9.83. The Bertz CT molecular complexity index is 894. The fourth-order valence-corrected chi connectivity index (χ4v) is 5.10. The lowest BCUT2D eigenvalue weighted by Crippen LogP contribution is -2.46. The van der Waals surface area contributed by atoms with Crippen LogP contribution in [0, 0.1) is 0 Å². The van der Waals surface area contributed by atoms with Crippen LogP contribution < -0.4 is 10.2 Å². The third-order valence-electron chi connectivity index (χ3n) is 6.76. The van der Waals surface area contributed by atoms with E-state index in [1.807, 2.05) is 30.1 Å². The summed E-state index contributed by atoms with van der Waals surface area (Å²) in [5.74, 6) is -0.472. The number of anilines is 1. The molecule has 0 radical (unpaired) electrons. The highest BCUT2D eigenvalue weighted by Crippen LogP contribution is 2.46. The molecule has 0 unspecified atom stereocenters. The molecule has 0 aromatic heterocycles. The first-order valence-electron chi connectivity index (χ1n) is 10.5. The van der Waals surface area contributed by atoms with Crippen LogP contribution in [0.5, 0.6) is 0 Å². The fourth-order valence-electron chi connectivity index (χ4n) is 5.10. The first kappa shape index (κ1) is 19.7. The maximum absolute atomic E-state index is 13.0. The Hall–Kier alpha value is -2.63. The standard InChI is InChI=1S/C23H29N3O3/c1-22(2)17-10-6-7-11-18(17)25(3)19(22)14-16(27)15-26-20(28)23(24-21(26)29)12-8-4-5-9-13-23/h6-7,10-11,14H,4-5,8-9,12-13,15H2,1-3H3,(H,24,29). The molecule has 29 heavy (non-hydrogen) atoms. The SMILES string of the molecule is CN1C(=CC(=O)CN2C(=O)NC3(CCCCCC3)C2=O)C(C)(C)c2ccccc21. The second-order valence-corrected chi connectivity index (χ2v) is 9.01. The van der Waals surface area contributed by atoms with Crippen LogP contribution in [0.15, 0.2) is 36.0 Å². The molecule has 0 atom stereocenters. The fraction of sp³-hybridized carbons (Fsp3) is 0.522. The Kier molecular flexibility index (Phi) is 4.75. The van der Waals surface area contributed by atoms with Crippen LogP contribution in [0.25, 0.3) is 0 Å². The van der Waals surface area contributed by atoms with Crippen molar-refractivity contribution in [3.05, 3.63) is 41.6 Å². The van der Waals surface area contributed by atoms with Gasteiger partial charge in [0.25, 0.3) is 5.91 Å². The summed E-state index contributed by atoms with van der Waals surface area (Å²) in [6.45, 7) is 3.96. The first-order valence-corrected chi connectivity index (χ1v) is 10.5. The Balaban J connectivity index is 1.54. The van der Waals surface area contributed by atoms with Crippen molar-refractivity contribution in [1.29, 1.82) is 0 Å². The molecule has 1 aliphatic carbocycles. The Morgan fingerprint density at radius 1 is 1.10 bits per heavy atom. The van der Waals surface area contributed by atoms with Gasteiger partial charge in [0.15, 0.2) is 5.78 Å². The maximum Gasteiger partial charge on any atom is 0.325 e. The molecule has 1 aromatic carbocycles. The lowest BCUT2D eigenvalue weighted by molar-refractivity contribution is -0.134. The number of carbonyl (C=O) groups is 3. The number of nitrogens with one attached hydrogen (secondary N) is 1. The van der Waals surface area contributed by atoms with Crippen LogP contribution in [-0.4, -0.2) is 41.8 Å². The number of hydrogen-bond donors (Lipinski definition) is 1. The minimum Gasteiger partial charge on any atom is -0.347 e. The molecule has 1 saturated heterocycles. The Morgan fingerprint density at radius 3 is 2.41 bits per heavy atom. The molecule has 2 fully saturated rings. The summed E-state index contributed by atoms with van der Waals surface area (Å²) in [6.07, 6.45) is 6.93. The van der Waals surface area contributed by atoms with E-state index in [1.165, 1.54) is 0 Å². The van der Waals surface area contributed by atoms with Crippen molar-refractivity contribution in [2.75, 3.05) is 18.5 Å². The van der Waals surface area contributed by atoms with Crippen molar-refractivity contribution in [3.63, 3.8) is 0 Å². The quantitative estimate of drug-likeness (QED) is 0.628. The number of allylic oxidation sites excluding steroid dienone is 1. The molecule has 2 heterocycles. The van der Waals surface area contributed by atoms with Gasteiger partial charge in [-0.25, -0.2) is 4.79 Å². The van der Waals surface area contributed by atoms with Crippen molar-refractivity contribution >= 4 is 23.4 Å². The van der Waals surface area contributed by atoms with Gasteiger partial charge in [0.05, 0.1) is 6.54 Å². The molecule has 4 rings (SSSR count). The predicted molar refractivity (Wildman–Crippen MR) is 112 cm³/mol. The maximum atomic E-state index is 13.0. The van der Waals surface area contributed by atoms with Gasteiger partial charge in [0, 0.05) is 29.9 Å². The third kappa shape index (κ3) is 3.15. The van der Waals surface area contributed by atoms with Gasteiger partial charge in [-0.15, -0.1) is 0 Å². The summed E-state index contributed by atoms with van der Waals surface area (Å²) < 4.78 is 0. The van der Waals surface area contributed by atoms with Gasteiger partial charge in [-0.2, -0.15) is 0 Å². The number of fused-ring (bicyclic) bond motifs is 1. The molecule has 3 amide bonds. The molecule has 154 valence electrons. The zero-order valence-electron chi connectivity index (χ0n) is 17.5. The van der Waals surface area contributed by atoms with E-state index in [9.17, 15) is 14.4 Å². The van der Waals surface area contributed by atoms with Crippen molar-refractivity contribution in [3.8, 4) is 0 Å². The van der Waals surface area contributed by atoms with E-state index in [2.05, 4.69) is 25.2 Å². The average Bonchev–Trinajstić information content (AvgIpc) is 2.92. The molecular formula is C23H29N3O3. The highest BCUT2D eigenvalue weighted by atomic mass is 16.2. The smallest absolute Gasteiger partial charge is 0.325 e. The van der Waals surface area contributed by atoms with E-state index in [-0.39, 0.29) is 23.7 Å². The third-order valence-corrected chi connectivity index (χ3v) is 6.76. The summed E-state index contributed by atoms with van der Waals surface area (Å²) in [7, 11) is 1.95. The lowest BCUT2D eigenvalue weighted by Gasteiger charge is -2.25. The predicted octanol–water partition coefficient (Wildman–Crippen LogP) is 3.51. The van der Waals surface area contributed by atoms with Gasteiger partial charge in [-0.1, -0.05) is 57.7 Å². The van der Waals surface area contributed by atoms with Gasteiger partial charge in [0.1, 0.15) is 5.54 Å². The second kappa shape index (κ2) is 7.01. The molecule has 3 aliphatic rings. The van der Waals surface area contributed by atoms with Gasteiger partial charge < -0.3 is 10.2 Å². The largest absolute Gasteiger partial charge is 0.347 e. The van der Waals surface area contributed by atoms with E-state index in [0.29, 0.717) is 12.8 Å². The van der Waals surface area contributed by atoms with E-state index in [1.54, 1.807) is 6.08 Å². The number of para-hydroxylation sites is 1. The molecule has 0 bridgehead atoms. The van der Waals surface area contributed by atoms with Crippen LogP contribution in [-0.2, 0) is 15.0 Å². The summed E-state index contributed by atoms with van der Waals surface area (Å²) in [5.41, 5.74) is 1.99. The average molecular weight is 396 g/mol. The number of likely N-dealkylation sites (N-methyl/N-ethyl adjacent to an activating group) is 1. The molecule has 1 spiro atoms. The van der Waals surface area contributed by atoms with Gasteiger partial charge in [-0.3, -0.25) is 14.5 Å². The molecule has 2 aliphatic heterocycles. The monoisotopic (exact) mass is 395 g/mol. The number of carbonyl (C=O) groups excluding carboxylic acids is 3. The summed E-state index contributed by atoms with van der Waals surface area (Å²) in [4.78, 5) is 41.6. The zero-order valence-corrected chi connectivity index (χ0v) is 17.5. The summed E-state index contributed by atoms with van der Waals surface area (Å²) in [5, 5.41) is 2.90. The van der Waals surface area contributed by atoms with Gasteiger partial charge in [-0.05, 0) is 24.5 Å². The van der Waals surface area contributed by atoms with Gasteiger partial charge >= 0.3 is 6.03 Å². The molecule has 6 nitrogen and oxygen atoms in total. The topological polar surface area (TPSA) is 69.7 Å². The molecule has 1 N–H and O–H groups in total. The van der Waals surface area contributed by atoms with Crippen LogP contribution in [0.4, 0.5) is 10.5 Å². The van der Waals surface area contributed by atoms with Crippen LogP contribution >= 0.6 is 0 Å². The number of urea groups is 1. The van der Waals surface area contributed by atoms with Crippen LogP contribution in [0.1, 0.15) is 57.9 Å². The van der Waals surface area contributed by atoms with E-state index in [4.69, 9.17) is 0 Å². The van der Waals surface area contributed by atoms with Crippen molar-refractivity contribution in [2.24, 2.45) is 0 Å². The number of imide groups is 1. The normalized spacial score (nSPS) is 24.0. The Morgan fingerprint density at radius 2 is 1.76 bits per heavy atom. The van der Waals surface area contributed by atoms with Crippen LogP contribution in [0.2, 0.25) is 0 Å². The highest BCUT2D eigenvalue weighted by molar-refractivity contribution is 6.10. The minimum absolute atomic E-state index is 0.212. The van der Waals surface area contributed by atoms with E-state index in [0.717, 1.165) is 47.5 Å². The number of amides is 3. The molecule has 1 saturated carbocycles. The van der Waals surface area contributed by atoms with Crippen molar-refractivity contribution in [2.45, 2.75) is 63.3 Å². The number of ketones is 1. The molecule has 6 heteroatoms. The highest BCUT2D eigenvalue weighted by Gasteiger charge is 2.51. The summed E-state index contributed by atoms with van der Waals surface area (Å²) >= 11 is 0. The summed E-state index contributed by atoms with van der Waals surface area (Å²) in [6, 6.07) is 7.65. The van der Waals surface area contributed by atoms with Crippen molar-refractivity contribution in [1.82, 2.24) is 10.2 Å². The second-order valence-electron chi connectivity index (χ2n) is 9.01. The van der Waals surface area contributed by atoms with Crippen molar-refractivity contribution < 1.29 is 14.4 Å². The number of benzene rings is 1. The first-order chi connectivity index (χ1) is 13.8. The van der Waals surface area contributed by atoms with E-state index >= 15 is 0 Å². The number of rotatable bonds is 3.